The highest BCUT2D eigenvalue weighted by Crippen LogP contribution is 2.27. The van der Waals surface area contributed by atoms with Crippen molar-refractivity contribution in [2.24, 2.45) is 4.40 Å². The summed E-state index contributed by atoms with van der Waals surface area (Å²) in [6, 6.07) is 22.6. The summed E-state index contributed by atoms with van der Waals surface area (Å²) in [5.74, 6) is 1.29. The van der Waals surface area contributed by atoms with Gasteiger partial charge < -0.3 is 14.4 Å². The first-order chi connectivity index (χ1) is 14.9. The molecule has 0 spiro atoms. The molecule has 3 aromatic carbocycles. The number of hydrogen-bond acceptors (Lipinski definition) is 4. The monoisotopic (exact) mass is 438 g/mol. The summed E-state index contributed by atoms with van der Waals surface area (Å²) in [5, 5.41) is 0. The van der Waals surface area contributed by atoms with Gasteiger partial charge in [-0.2, -0.15) is 8.42 Å². The van der Waals surface area contributed by atoms with E-state index < -0.39 is 10.0 Å². The highest BCUT2D eigenvalue weighted by molar-refractivity contribution is 7.90. The van der Waals surface area contributed by atoms with Gasteiger partial charge in [-0.3, -0.25) is 0 Å². The minimum Gasteiger partial charge on any atom is -0.496 e. The van der Waals surface area contributed by atoms with Crippen molar-refractivity contribution in [2.45, 2.75) is 17.9 Å². The summed E-state index contributed by atoms with van der Waals surface area (Å²) in [4.78, 5) is 1.65. The van der Waals surface area contributed by atoms with Crippen molar-refractivity contribution in [2.75, 3.05) is 21.2 Å². The molecule has 0 aliphatic rings. The summed E-state index contributed by atoms with van der Waals surface area (Å²) in [6.45, 7) is 0.162. The maximum absolute atomic E-state index is 12.5. The third-order valence-electron chi connectivity index (χ3n) is 4.56. The molecule has 7 heteroatoms. The standard InChI is InChI=1S/C24H26N2O4S/c1-26(2)18-25-31(27,28)22-13-14-23(29-3)21(16-22)17-30-24-12-8-7-11-20(24)15-19-9-5-4-6-10-19/h4-14,16,18H,15,17H2,1-3H3/b25-18+. The smallest absolute Gasteiger partial charge is 0.283 e. The molecule has 0 saturated heterocycles. The van der Waals surface area contributed by atoms with Gasteiger partial charge in [0.1, 0.15) is 24.4 Å². The van der Waals surface area contributed by atoms with Crippen LogP contribution in [0, 0.1) is 0 Å². The lowest BCUT2D eigenvalue weighted by molar-refractivity contribution is 0.294. The molecule has 0 bridgehead atoms. The maximum Gasteiger partial charge on any atom is 0.283 e. The van der Waals surface area contributed by atoms with Crippen LogP contribution in [0.5, 0.6) is 11.5 Å². The van der Waals surface area contributed by atoms with E-state index in [1.807, 2.05) is 42.5 Å². The van der Waals surface area contributed by atoms with E-state index in [4.69, 9.17) is 9.47 Å². The molecule has 0 amide bonds. The Morgan fingerprint density at radius 2 is 1.61 bits per heavy atom. The van der Waals surface area contributed by atoms with E-state index in [1.165, 1.54) is 18.0 Å². The Hall–Kier alpha value is -3.32. The van der Waals surface area contributed by atoms with E-state index in [-0.39, 0.29) is 11.5 Å². The second-order valence-corrected chi connectivity index (χ2v) is 8.82. The number of hydrogen-bond donors (Lipinski definition) is 0. The molecule has 31 heavy (non-hydrogen) atoms. The fourth-order valence-electron chi connectivity index (χ4n) is 3.01. The molecule has 162 valence electrons. The summed E-state index contributed by atoms with van der Waals surface area (Å²) in [7, 11) is 1.14. The topological polar surface area (TPSA) is 68.2 Å². The molecule has 3 rings (SSSR count). The average Bonchev–Trinajstić information content (AvgIpc) is 2.77. The SMILES string of the molecule is COc1ccc(S(=O)(=O)/N=C/N(C)C)cc1COc1ccccc1Cc1ccccc1. The lowest BCUT2D eigenvalue weighted by atomic mass is 10.0. The molecule has 0 unspecified atom stereocenters. The molecular weight excluding hydrogens is 412 g/mol. The number of methoxy groups -OCH3 is 1. The third kappa shape index (κ3) is 6.08. The lowest BCUT2D eigenvalue weighted by Crippen LogP contribution is -2.10. The van der Waals surface area contributed by atoms with Crippen LogP contribution < -0.4 is 9.47 Å². The van der Waals surface area contributed by atoms with Crippen LogP contribution in [0.2, 0.25) is 0 Å². The number of para-hydroxylation sites is 1. The van der Waals surface area contributed by atoms with Gasteiger partial charge in [0.05, 0.1) is 12.0 Å². The number of sulfonamides is 1. The van der Waals surface area contributed by atoms with Gasteiger partial charge in [0, 0.05) is 26.1 Å². The molecule has 6 nitrogen and oxygen atoms in total. The van der Waals surface area contributed by atoms with Gasteiger partial charge in [0.25, 0.3) is 10.0 Å². The van der Waals surface area contributed by atoms with Crippen LogP contribution in [-0.2, 0) is 23.1 Å². The first-order valence-corrected chi connectivity index (χ1v) is 11.2. The van der Waals surface area contributed by atoms with Crippen LogP contribution in [0.15, 0.2) is 82.1 Å². The van der Waals surface area contributed by atoms with E-state index in [0.29, 0.717) is 11.3 Å². The normalized spacial score (nSPS) is 11.5. The zero-order valence-electron chi connectivity index (χ0n) is 17.9. The molecule has 0 atom stereocenters. The van der Waals surface area contributed by atoms with Crippen molar-refractivity contribution >= 4 is 16.4 Å². The quantitative estimate of drug-likeness (QED) is 0.371. The van der Waals surface area contributed by atoms with Crippen molar-refractivity contribution in [1.29, 1.82) is 0 Å². The van der Waals surface area contributed by atoms with Crippen LogP contribution in [0.1, 0.15) is 16.7 Å². The van der Waals surface area contributed by atoms with Crippen molar-refractivity contribution in [3.8, 4) is 11.5 Å². The van der Waals surface area contributed by atoms with Crippen LogP contribution in [-0.4, -0.2) is 40.9 Å². The fourth-order valence-corrected chi connectivity index (χ4v) is 3.97. The van der Waals surface area contributed by atoms with E-state index in [9.17, 15) is 8.42 Å². The van der Waals surface area contributed by atoms with Crippen molar-refractivity contribution in [1.82, 2.24) is 4.90 Å². The Morgan fingerprint density at radius 3 is 2.32 bits per heavy atom. The van der Waals surface area contributed by atoms with E-state index in [2.05, 4.69) is 16.5 Å². The summed E-state index contributed by atoms with van der Waals surface area (Å²) in [6.07, 6.45) is 2.00. The van der Waals surface area contributed by atoms with Gasteiger partial charge in [-0.15, -0.1) is 4.40 Å². The predicted molar refractivity (Wildman–Crippen MR) is 122 cm³/mol. The summed E-state index contributed by atoms with van der Waals surface area (Å²) >= 11 is 0. The highest BCUT2D eigenvalue weighted by atomic mass is 32.2. The summed E-state index contributed by atoms with van der Waals surface area (Å²) < 4.78 is 40.2. The Kier molecular flexibility index (Phi) is 7.31. The Labute approximate surface area is 183 Å². The van der Waals surface area contributed by atoms with Crippen molar-refractivity contribution in [3.05, 3.63) is 89.5 Å². The molecule has 0 N–H and O–H groups in total. The van der Waals surface area contributed by atoms with Gasteiger partial charge in [-0.1, -0.05) is 48.5 Å². The Balaban J connectivity index is 1.83. The minimum absolute atomic E-state index is 0.0857. The van der Waals surface area contributed by atoms with Crippen LogP contribution >= 0.6 is 0 Å². The number of nitrogens with zero attached hydrogens (tertiary/aromatic N) is 2. The summed E-state index contributed by atoms with van der Waals surface area (Å²) in [5.41, 5.74) is 2.85. The zero-order valence-corrected chi connectivity index (χ0v) is 18.7. The van der Waals surface area contributed by atoms with Crippen LogP contribution in [0.4, 0.5) is 0 Å². The number of ether oxygens (including phenoxy) is 2. The van der Waals surface area contributed by atoms with Crippen LogP contribution in [0.3, 0.4) is 0 Å². The van der Waals surface area contributed by atoms with Gasteiger partial charge >= 0.3 is 0 Å². The molecule has 3 aromatic rings. The predicted octanol–water partition coefficient (Wildman–Crippen LogP) is 4.14. The van der Waals surface area contributed by atoms with Gasteiger partial charge in [-0.05, 0) is 35.4 Å². The lowest BCUT2D eigenvalue weighted by Gasteiger charge is -2.14. The molecule has 0 fully saturated rings. The Morgan fingerprint density at radius 1 is 0.903 bits per heavy atom. The maximum atomic E-state index is 12.5. The average molecular weight is 439 g/mol. The van der Waals surface area contributed by atoms with Gasteiger partial charge in [0.15, 0.2) is 0 Å². The molecule has 0 radical (unpaired) electrons. The third-order valence-corrected chi connectivity index (χ3v) is 5.78. The van der Waals surface area contributed by atoms with E-state index in [1.54, 1.807) is 38.2 Å². The van der Waals surface area contributed by atoms with Crippen molar-refractivity contribution < 1.29 is 17.9 Å². The number of benzene rings is 3. The first-order valence-electron chi connectivity index (χ1n) is 9.77. The second kappa shape index (κ2) is 10.1. The first kappa shape index (κ1) is 22.4. The zero-order chi connectivity index (χ0) is 22.3. The Bertz CT molecular complexity index is 1140. The molecule has 0 aromatic heterocycles. The molecule has 0 aliphatic heterocycles. The second-order valence-electron chi connectivity index (χ2n) is 7.19. The van der Waals surface area contributed by atoms with Crippen LogP contribution in [0.25, 0.3) is 0 Å². The highest BCUT2D eigenvalue weighted by Gasteiger charge is 2.16. The molecular formula is C24H26N2O4S. The fraction of sp³-hybridized carbons (Fsp3) is 0.208. The van der Waals surface area contributed by atoms with Gasteiger partial charge in [-0.25, -0.2) is 0 Å². The van der Waals surface area contributed by atoms with Gasteiger partial charge in [0.2, 0.25) is 0 Å². The minimum atomic E-state index is -3.82. The molecule has 0 aliphatic carbocycles. The molecule has 0 heterocycles. The van der Waals surface area contributed by atoms with E-state index in [0.717, 1.165) is 17.7 Å². The van der Waals surface area contributed by atoms with E-state index >= 15 is 0 Å². The largest absolute Gasteiger partial charge is 0.496 e. The van der Waals surface area contributed by atoms with Crippen molar-refractivity contribution in [3.63, 3.8) is 0 Å². The number of rotatable bonds is 9. The molecule has 0 saturated carbocycles.